The predicted octanol–water partition coefficient (Wildman–Crippen LogP) is 23.6. The van der Waals surface area contributed by atoms with Gasteiger partial charge in [0.05, 0.1) is 33.0 Å². The largest absolute Gasteiger partial charge is 0.311 e. The molecule has 0 bridgehead atoms. The molecule has 0 fully saturated rings. The van der Waals surface area contributed by atoms with Crippen molar-refractivity contribution in [1.29, 1.82) is 0 Å². The minimum Gasteiger partial charge on any atom is -0.311 e. The maximum absolute atomic E-state index is 2.78. The Labute approximate surface area is 631 Å². The van der Waals surface area contributed by atoms with Crippen LogP contribution in [0.2, 0.25) is 0 Å². The predicted molar refractivity (Wildman–Crippen MR) is 449 cm³/mol. The quantitative estimate of drug-likeness (QED) is 0.163. The zero-order valence-electron chi connectivity index (χ0n) is 59.2. The smallest absolute Gasteiger partial charge is 0.252 e. The Morgan fingerprint density at radius 1 is 0.211 bits per heavy atom. The van der Waals surface area contributed by atoms with Crippen molar-refractivity contribution in [2.75, 3.05) is 9.80 Å². The van der Waals surface area contributed by atoms with Gasteiger partial charge in [-0.15, -0.1) is 0 Å². The number of benzene rings is 17. The molecular formula is C105H62BN3. The highest BCUT2D eigenvalue weighted by Crippen LogP contribution is 2.69. The van der Waals surface area contributed by atoms with Gasteiger partial charge in [-0.25, -0.2) is 0 Å². The van der Waals surface area contributed by atoms with Gasteiger partial charge in [-0.05, 0) is 198 Å². The number of para-hydroxylation sites is 2. The summed E-state index contributed by atoms with van der Waals surface area (Å²) in [6.45, 7) is -0.266. The third-order valence-corrected chi connectivity index (χ3v) is 26.6. The monoisotopic (exact) mass is 1380 g/mol. The van der Waals surface area contributed by atoms with Crippen LogP contribution in [0, 0.1) is 0 Å². The summed E-state index contributed by atoms with van der Waals surface area (Å²) in [5.74, 6) is 0. The molecule has 0 saturated carbocycles. The van der Waals surface area contributed by atoms with E-state index in [1.807, 2.05) is 0 Å². The van der Waals surface area contributed by atoms with Crippen LogP contribution < -0.4 is 26.2 Å². The maximum atomic E-state index is 2.78. The molecule has 17 aromatic carbocycles. The zero-order valence-corrected chi connectivity index (χ0v) is 59.2. The molecule has 18 aromatic rings. The summed E-state index contributed by atoms with van der Waals surface area (Å²) >= 11 is 0. The van der Waals surface area contributed by atoms with Crippen LogP contribution in [0.3, 0.4) is 0 Å². The van der Waals surface area contributed by atoms with E-state index in [9.17, 15) is 0 Å². The molecule has 4 heteroatoms. The molecule has 0 saturated heterocycles. The fourth-order valence-corrected chi connectivity index (χ4v) is 22.8. The number of anilines is 6. The summed E-state index contributed by atoms with van der Waals surface area (Å²) in [7, 11) is 0. The number of hydrogen-bond donors (Lipinski definition) is 0. The summed E-state index contributed by atoms with van der Waals surface area (Å²) in [5.41, 5.74) is 46.0. The van der Waals surface area contributed by atoms with Gasteiger partial charge in [0.2, 0.25) is 0 Å². The molecule has 26 rings (SSSR count). The van der Waals surface area contributed by atoms with Gasteiger partial charge in [-0.1, -0.05) is 328 Å². The number of rotatable bonds is 4. The summed E-state index contributed by atoms with van der Waals surface area (Å²) in [4.78, 5) is 5.50. The van der Waals surface area contributed by atoms with Crippen molar-refractivity contribution in [1.82, 2.24) is 4.57 Å². The molecule has 500 valence electrons. The van der Waals surface area contributed by atoms with Gasteiger partial charge in [0.1, 0.15) is 0 Å². The molecule has 3 nitrogen and oxygen atoms in total. The Balaban J connectivity index is 0.839. The fourth-order valence-electron chi connectivity index (χ4n) is 22.8. The molecule has 0 N–H and O–H groups in total. The van der Waals surface area contributed by atoms with Crippen molar-refractivity contribution in [3.8, 4) is 83.6 Å². The first-order valence-corrected chi connectivity index (χ1v) is 38.4. The Hall–Kier alpha value is -13.8. The van der Waals surface area contributed by atoms with Crippen molar-refractivity contribution in [3.05, 3.63) is 443 Å². The van der Waals surface area contributed by atoms with Gasteiger partial charge in [0, 0.05) is 56.0 Å². The average Bonchev–Trinajstić information content (AvgIpc) is 1.54. The summed E-state index contributed by atoms with van der Waals surface area (Å²) < 4.78 is 2.58. The van der Waals surface area contributed by atoms with E-state index in [-0.39, 0.29) is 6.71 Å². The molecule has 3 heterocycles. The van der Waals surface area contributed by atoms with Gasteiger partial charge >= 0.3 is 0 Å². The lowest BCUT2D eigenvalue weighted by molar-refractivity contribution is 0.793. The molecule has 0 radical (unpaired) electrons. The van der Waals surface area contributed by atoms with Crippen molar-refractivity contribution in [2.45, 2.75) is 16.2 Å². The van der Waals surface area contributed by atoms with E-state index in [0.717, 1.165) is 39.5 Å². The molecule has 0 atom stereocenters. The van der Waals surface area contributed by atoms with Gasteiger partial charge in [-0.2, -0.15) is 0 Å². The first-order chi connectivity index (χ1) is 54.1. The lowest BCUT2D eigenvalue weighted by atomic mass is 9.33. The van der Waals surface area contributed by atoms with Gasteiger partial charge < -0.3 is 14.4 Å². The lowest BCUT2D eigenvalue weighted by Crippen LogP contribution is -2.61. The van der Waals surface area contributed by atoms with Crippen molar-refractivity contribution >= 4 is 79.0 Å². The highest BCUT2D eigenvalue weighted by molar-refractivity contribution is 7.00. The van der Waals surface area contributed by atoms with E-state index in [1.165, 1.54) is 183 Å². The molecule has 1 aromatic heterocycles. The van der Waals surface area contributed by atoms with E-state index >= 15 is 0 Å². The number of nitrogens with zero attached hydrogens (tertiary/aromatic N) is 3. The summed E-state index contributed by atoms with van der Waals surface area (Å²) in [6.07, 6.45) is 0. The zero-order chi connectivity index (χ0) is 70.7. The second-order valence-corrected chi connectivity index (χ2v) is 31.0. The topological polar surface area (TPSA) is 11.4 Å². The van der Waals surface area contributed by atoms with E-state index in [4.69, 9.17) is 0 Å². The van der Waals surface area contributed by atoms with E-state index in [2.05, 4.69) is 390 Å². The summed E-state index contributed by atoms with van der Waals surface area (Å²) in [5, 5.41) is 2.44. The van der Waals surface area contributed by atoms with Crippen molar-refractivity contribution in [3.63, 3.8) is 0 Å². The highest BCUT2D eigenvalue weighted by Gasteiger charge is 2.59. The van der Waals surface area contributed by atoms with Gasteiger partial charge in [0.15, 0.2) is 0 Å². The Kier molecular flexibility index (Phi) is 11.2. The molecular weight excluding hydrogens is 1310 g/mol. The van der Waals surface area contributed by atoms with Crippen LogP contribution in [0.15, 0.2) is 376 Å². The van der Waals surface area contributed by atoms with E-state index < -0.39 is 16.2 Å². The molecule has 109 heavy (non-hydrogen) atoms. The maximum Gasteiger partial charge on any atom is 0.252 e. The van der Waals surface area contributed by atoms with Crippen LogP contribution >= 0.6 is 0 Å². The molecule has 0 unspecified atom stereocenters. The SMILES string of the molecule is c1ccc(-c2ccc(N3c4cc(-n5c6ccccc6c6ccccc65)cc5c4B(c4ccc6c(c43)-c3ccccc3C63c4ccccc4-c4ccccc43)c3ccc4c(c3N5c3ccc5c(c3)-c3ccccc3C53c5ccccc5-c5ccccc53)-c3ccccc3C43c4ccccc4-c4ccccc43)cc2)cc1. The van der Waals surface area contributed by atoms with Crippen LogP contribution in [0.25, 0.3) is 105 Å². The molecule has 0 amide bonds. The van der Waals surface area contributed by atoms with Crippen LogP contribution in [-0.4, -0.2) is 11.3 Å². The van der Waals surface area contributed by atoms with E-state index in [1.54, 1.807) is 0 Å². The first-order valence-electron chi connectivity index (χ1n) is 38.4. The lowest BCUT2D eigenvalue weighted by Gasteiger charge is -2.46. The second kappa shape index (κ2) is 20.8. The molecule has 8 aliphatic rings. The minimum absolute atomic E-state index is 0.266. The Bertz CT molecular complexity index is 6960. The highest BCUT2D eigenvalue weighted by atomic mass is 15.2. The Morgan fingerprint density at radius 2 is 0.514 bits per heavy atom. The standard InChI is InChI=1S/C105H62BN3/c1-2-26-63(27-3-1)64-50-52-65(53-51-64)108-96-61-67(107-94-48-24-13-35-75(94)76-36-14-25-49-95(76)107)62-97-100(96)106(92-58-56-90-98(101(92)108)77-37-11-22-46-87(77)104(90)82-41-17-6-30-70(82)71-31-7-18-42-83(71)104)93-59-57-91-99(78-38-12-23-47-88(78)105(91)84-43-19-8-32-72(84)73-33-9-20-44-85(73)105)102(93)109(97)66-54-55-89-79(60-66)74-34-10-21-45-86(74)103(89)80-39-15-4-28-68(80)69-29-5-16-40-81(69)103/h1-62H. The first kappa shape index (κ1) is 58.5. The number of fused-ring (bicyclic) bond motifs is 39. The van der Waals surface area contributed by atoms with Crippen LogP contribution in [0.1, 0.15) is 66.8 Å². The average molecular weight is 1380 g/mol. The van der Waals surface area contributed by atoms with Crippen LogP contribution in [0.4, 0.5) is 34.1 Å². The normalized spacial score (nSPS) is 15.0. The number of aromatic nitrogens is 1. The van der Waals surface area contributed by atoms with Crippen LogP contribution in [-0.2, 0) is 16.2 Å². The Morgan fingerprint density at radius 3 is 0.936 bits per heavy atom. The third-order valence-electron chi connectivity index (χ3n) is 26.6. The molecule has 3 spiro atoms. The summed E-state index contributed by atoms with van der Waals surface area (Å²) in [6, 6.07) is 146. The number of hydrogen-bond acceptors (Lipinski definition) is 2. The molecule has 6 aliphatic carbocycles. The van der Waals surface area contributed by atoms with Gasteiger partial charge in [0.25, 0.3) is 6.71 Å². The second-order valence-electron chi connectivity index (χ2n) is 31.0. The molecule has 2 aliphatic heterocycles. The van der Waals surface area contributed by atoms with Crippen molar-refractivity contribution < 1.29 is 0 Å². The van der Waals surface area contributed by atoms with E-state index in [0.29, 0.717) is 0 Å². The van der Waals surface area contributed by atoms with Gasteiger partial charge in [-0.3, -0.25) is 0 Å². The third kappa shape index (κ3) is 6.92. The fraction of sp³-hybridized carbons (Fsp3) is 0.0286. The van der Waals surface area contributed by atoms with Crippen molar-refractivity contribution in [2.24, 2.45) is 0 Å². The minimum atomic E-state index is -0.623. The van der Waals surface area contributed by atoms with Crippen LogP contribution in [0.5, 0.6) is 0 Å².